The minimum atomic E-state index is 0.737. The van der Waals surface area contributed by atoms with Crippen molar-refractivity contribution in [1.82, 2.24) is 0 Å². The van der Waals surface area contributed by atoms with Crippen LogP contribution in [0.15, 0.2) is 18.2 Å². The zero-order chi connectivity index (χ0) is 13.0. The third-order valence-electron chi connectivity index (χ3n) is 4.17. The van der Waals surface area contributed by atoms with Gasteiger partial charge in [0.05, 0.1) is 0 Å². The van der Waals surface area contributed by atoms with Crippen molar-refractivity contribution in [2.45, 2.75) is 56.8 Å². The normalized spacial score (nSPS) is 17.5. The van der Waals surface area contributed by atoms with Crippen molar-refractivity contribution in [3.8, 4) is 0 Å². The molecular weight excluding hydrogens is 286 g/mol. The van der Waals surface area contributed by atoms with Gasteiger partial charge >= 0.3 is 0 Å². The van der Waals surface area contributed by atoms with Gasteiger partial charge in [0, 0.05) is 24.1 Å². The molecule has 0 spiro atoms. The molecule has 1 aromatic carbocycles. The Labute approximate surface area is 120 Å². The molecule has 1 aromatic rings. The Hall–Kier alpha value is -0.500. The van der Waals surface area contributed by atoms with E-state index >= 15 is 0 Å². The summed E-state index contributed by atoms with van der Waals surface area (Å²) in [5.41, 5.74) is 4.18. The topological polar surface area (TPSA) is 3.24 Å². The molecular formula is C16H24BrN. The fourth-order valence-electron chi connectivity index (χ4n) is 3.04. The highest BCUT2D eigenvalue weighted by atomic mass is 79.9. The average Bonchev–Trinajstić information content (AvgIpc) is 2.66. The van der Waals surface area contributed by atoms with Gasteiger partial charge in [-0.3, -0.25) is 0 Å². The zero-order valence-electron chi connectivity index (χ0n) is 11.6. The van der Waals surface area contributed by atoms with E-state index in [1.54, 1.807) is 0 Å². The van der Waals surface area contributed by atoms with Crippen LogP contribution in [-0.2, 0) is 5.33 Å². The molecule has 0 amide bonds. The molecule has 1 saturated carbocycles. The summed E-state index contributed by atoms with van der Waals surface area (Å²) in [5.74, 6) is 0. The van der Waals surface area contributed by atoms with Gasteiger partial charge in [-0.25, -0.2) is 0 Å². The summed E-state index contributed by atoms with van der Waals surface area (Å²) in [5, 5.41) is 0.946. The third-order valence-corrected chi connectivity index (χ3v) is 4.82. The van der Waals surface area contributed by atoms with Crippen LogP contribution >= 0.6 is 15.9 Å². The molecule has 0 aromatic heterocycles. The summed E-state index contributed by atoms with van der Waals surface area (Å²) < 4.78 is 0. The summed E-state index contributed by atoms with van der Waals surface area (Å²) in [6.07, 6.45) is 8.35. The van der Waals surface area contributed by atoms with Crippen LogP contribution in [-0.4, -0.2) is 13.1 Å². The first-order chi connectivity index (χ1) is 8.72. The highest BCUT2D eigenvalue weighted by Crippen LogP contribution is 2.28. The van der Waals surface area contributed by atoms with Crippen LogP contribution in [0.3, 0.4) is 0 Å². The van der Waals surface area contributed by atoms with E-state index in [1.165, 1.54) is 55.3 Å². The van der Waals surface area contributed by atoms with E-state index in [4.69, 9.17) is 0 Å². The smallest absolute Gasteiger partial charge is 0.0396 e. The average molecular weight is 310 g/mol. The predicted molar refractivity (Wildman–Crippen MR) is 83.7 cm³/mol. The summed E-state index contributed by atoms with van der Waals surface area (Å²) in [6, 6.07) is 7.57. The minimum Gasteiger partial charge on any atom is -0.371 e. The monoisotopic (exact) mass is 309 g/mol. The first-order valence-electron chi connectivity index (χ1n) is 7.10. The molecule has 2 rings (SSSR count). The molecule has 1 aliphatic rings. The van der Waals surface area contributed by atoms with E-state index in [1.807, 2.05) is 0 Å². The number of hydrogen-bond acceptors (Lipinski definition) is 1. The molecule has 100 valence electrons. The first kappa shape index (κ1) is 13.9. The van der Waals surface area contributed by atoms with Crippen LogP contribution in [0, 0.1) is 6.92 Å². The number of halogens is 1. The Kier molecular flexibility index (Phi) is 5.11. The molecule has 0 heterocycles. The maximum Gasteiger partial charge on any atom is 0.0396 e. The molecule has 2 heteroatoms. The summed E-state index contributed by atoms with van der Waals surface area (Å²) in [4.78, 5) is 2.51. The van der Waals surface area contributed by atoms with Crippen molar-refractivity contribution >= 4 is 21.6 Å². The third kappa shape index (κ3) is 3.28. The van der Waals surface area contributed by atoms with E-state index in [0.29, 0.717) is 0 Å². The second-order valence-corrected chi connectivity index (χ2v) is 6.07. The van der Waals surface area contributed by atoms with Gasteiger partial charge in [-0.1, -0.05) is 53.7 Å². The van der Waals surface area contributed by atoms with Gasteiger partial charge in [0.25, 0.3) is 0 Å². The summed E-state index contributed by atoms with van der Waals surface area (Å²) in [6.45, 7) is 2.23. The maximum absolute atomic E-state index is 3.53. The Morgan fingerprint density at radius 3 is 2.39 bits per heavy atom. The van der Waals surface area contributed by atoms with Crippen LogP contribution in [0.2, 0.25) is 0 Å². The largest absolute Gasteiger partial charge is 0.371 e. The quantitative estimate of drug-likeness (QED) is 0.558. The van der Waals surface area contributed by atoms with Crippen LogP contribution < -0.4 is 4.90 Å². The van der Waals surface area contributed by atoms with Crippen LogP contribution in [0.5, 0.6) is 0 Å². The van der Waals surface area contributed by atoms with E-state index in [2.05, 4.69) is 53.0 Å². The van der Waals surface area contributed by atoms with Crippen molar-refractivity contribution < 1.29 is 0 Å². The van der Waals surface area contributed by atoms with Gasteiger partial charge in [0.2, 0.25) is 0 Å². The molecule has 0 saturated heterocycles. The Morgan fingerprint density at radius 1 is 1.17 bits per heavy atom. The SMILES string of the molecule is Cc1cc(CBr)ccc1N(C)C1CCCCCC1. The van der Waals surface area contributed by atoms with Crippen LogP contribution in [0.25, 0.3) is 0 Å². The molecule has 1 nitrogen and oxygen atoms in total. The van der Waals surface area contributed by atoms with E-state index in [0.717, 1.165) is 11.4 Å². The molecule has 1 fully saturated rings. The second kappa shape index (κ2) is 6.60. The molecule has 1 aliphatic carbocycles. The molecule has 0 atom stereocenters. The van der Waals surface area contributed by atoms with E-state index in [9.17, 15) is 0 Å². The molecule has 0 radical (unpaired) electrons. The number of benzene rings is 1. The number of hydrogen-bond donors (Lipinski definition) is 0. The van der Waals surface area contributed by atoms with Crippen molar-refractivity contribution in [3.63, 3.8) is 0 Å². The number of alkyl halides is 1. The lowest BCUT2D eigenvalue weighted by Gasteiger charge is -2.30. The molecule has 0 bridgehead atoms. The minimum absolute atomic E-state index is 0.737. The Bertz CT molecular complexity index is 381. The maximum atomic E-state index is 3.53. The number of rotatable bonds is 3. The van der Waals surface area contributed by atoms with Gasteiger partial charge in [-0.15, -0.1) is 0 Å². The summed E-state index contributed by atoms with van der Waals surface area (Å²) in [7, 11) is 2.27. The number of aryl methyl sites for hydroxylation is 1. The van der Waals surface area contributed by atoms with Crippen molar-refractivity contribution in [2.24, 2.45) is 0 Å². The van der Waals surface area contributed by atoms with E-state index < -0.39 is 0 Å². The fraction of sp³-hybridized carbons (Fsp3) is 0.625. The molecule has 0 aliphatic heterocycles. The highest BCUT2D eigenvalue weighted by Gasteiger charge is 2.18. The Morgan fingerprint density at radius 2 is 1.83 bits per heavy atom. The lowest BCUT2D eigenvalue weighted by molar-refractivity contribution is 0.552. The zero-order valence-corrected chi connectivity index (χ0v) is 13.2. The van der Waals surface area contributed by atoms with Gasteiger partial charge in [0.15, 0.2) is 0 Å². The van der Waals surface area contributed by atoms with Crippen LogP contribution in [0.4, 0.5) is 5.69 Å². The molecule has 0 unspecified atom stereocenters. The Balaban J connectivity index is 2.14. The lowest BCUT2D eigenvalue weighted by atomic mass is 10.0. The second-order valence-electron chi connectivity index (χ2n) is 5.51. The van der Waals surface area contributed by atoms with Gasteiger partial charge in [-0.2, -0.15) is 0 Å². The highest BCUT2D eigenvalue weighted by molar-refractivity contribution is 9.08. The van der Waals surface area contributed by atoms with Gasteiger partial charge < -0.3 is 4.90 Å². The first-order valence-corrected chi connectivity index (χ1v) is 8.23. The molecule has 0 N–H and O–H groups in total. The summed E-state index contributed by atoms with van der Waals surface area (Å²) >= 11 is 3.53. The van der Waals surface area contributed by atoms with Crippen molar-refractivity contribution in [3.05, 3.63) is 29.3 Å². The van der Waals surface area contributed by atoms with Crippen molar-refractivity contribution in [1.29, 1.82) is 0 Å². The molecule has 18 heavy (non-hydrogen) atoms. The van der Waals surface area contributed by atoms with Crippen LogP contribution in [0.1, 0.15) is 49.7 Å². The standard InChI is InChI=1S/C16H24BrN/c1-13-11-14(12-17)9-10-16(13)18(2)15-7-5-3-4-6-8-15/h9-11,15H,3-8,12H2,1-2H3. The number of anilines is 1. The van der Waals surface area contributed by atoms with Gasteiger partial charge in [0.1, 0.15) is 0 Å². The predicted octanol–water partition coefficient (Wildman–Crippen LogP) is 5.05. The van der Waals surface area contributed by atoms with Crippen molar-refractivity contribution in [2.75, 3.05) is 11.9 Å². The lowest BCUT2D eigenvalue weighted by Crippen LogP contribution is -2.31. The fourth-order valence-corrected chi connectivity index (χ4v) is 3.39. The number of nitrogens with zero attached hydrogens (tertiary/aromatic N) is 1. The van der Waals surface area contributed by atoms with E-state index in [-0.39, 0.29) is 0 Å². The van der Waals surface area contributed by atoms with Gasteiger partial charge in [-0.05, 0) is 37.0 Å².